The molecule has 0 radical (unpaired) electrons. The molecule has 2 aromatic carbocycles. The molecule has 3 aliphatic rings. The van der Waals surface area contributed by atoms with Crippen LogP contribution in [0.15, 0.2) is 42.5 Å². The van der Waals surface area contributed by atoms with Crippen LogP contribution in [-0.2, 0) is 16.0 Å². The number of hydrogen-bond acceptors (Lipinski definition) is 3. The number of carbonyl (C=O) groups is 3. The van der Waals surface area contributed by atoms with Crippen LogP contribution >= 0.6 is 0 Å². The molecule has 31 heavy (non-hydrogen) atoms. The van der Waals surface area contributed by atoms with Crippen LogP contribution in [0.3, 0.4) is 0 Å². The van der Waals surface area contributed by atoms with Crippen LogP contribution in [0.25, 0.3) is 11.1 Å². The van der Waals surface area contributed by atoms with Crippen molar-refractivity contribution in [2.24, 2.45) is 5.92 Å². The number of carbonyl (C=O) groups excluding carboxylic acids is 3. The average Bonchev–Trinajstić information content (AvgIpc) is 3.30. The van der Waals surface area contributed by atoms with Gasteiger partial charge in [-0.25, -0.2) is 4.39 Å². The maximum Gasteiger partial charge on any atom is 0.254 e. The largest absolute Gasteiger partial charge is 0.338 e. The van der Waals surface area contributed by atoms with E-state index in [1.165, 1.54) is 6.07 Å². The van der Waals surface area contributed by atoms with Crippen LogP contribution in [0.2, 0.25) is 0 Å². The van der Waals surface area contributed by atoms with Gasteiger partial charge in [0.05, 0.1) is 0 Å². The summed E-state index contributed by atoms with van der Waals surface area (Å²) in [5.41, 5.74) is 2.16. The van der Waals surface area contributed by atoms with E-state index >= 15 is 0 Å². The van der Waals surface area contributed by atoms with Crippen molar-refractivity contribution in [2.45, 2.75) is 38.1 Å². The molecular weight excluding hydrogens is 395 g/mol. The van der Waals surface area contributed by atoms with E-state index in [9.17, 15) is 18.8 Å². The Morgan fingerprint density at radius 3 is 2.52 bits per heavy atom. The monoisotopic (exact) mass is 420 g/mol. The minimum absolute atomic E-state index is 0.0466. The van der Waals surface area contributed by atoms with Gasteiger partial charge in [-0.05, 0) is 36.1 Å². The highest BCUT2D eigenvalue weighted by Gasteiger charge is 2.41. The number of amides is 2. The molecule has 6 heteroatoms. The van der Waals surface area contributed by atoms with Crippen LogP contribution in [0.4, 0.5) is 4.39 Å². The summed E-state index contributed by atoms with van der Waals surface area (Å²) in [5, 5.41) is 0. The number of piperazine rings is 1. The lowest BCUT2D eigenvalue weighted by molar-refractivity contribution is -0.139. The predicted molar refractivity (Wildman–Crippen MR) is 114 cm³/mol. The van der Waals surface area contributed by atoms with Crippen molar-refractivity contribution < 1.29 is 18.8 Å². The number of benzene rings is 2. The van der Waals surface area contributed by atoms with Crippen molar-refractivity contribution in [3.63, 3.8) is 0 Å². The number of nitrogens with zero attached hydrogens (tertiary/aromatic N) is 2. The Balaban J connectivity index is 1.43. The first kappa shape index (κ1) is 19.9. The summed E-state index contributed by atoms with van der Waals surface area (Å²) in [7, 11) is 0. The van der Waals surface area contributed by atoms with Gasteiger partial charge in [0.25, 0.3) is 5.91 Å². The molecule has 1 atom stereocenters. The van der Waals surface area contributed by atoms with E-state index in [0.29, 0.717) is 35.3 Å². The van der Waals surface area contributed by atoms with Gasteiger partial charge < -0.3 is 9.80 Å². The molecular formula is C25H25FN2O3. The second kappa shape index (κ2) is 7.91. The number of Topliss-reactive ketones (excluding diaryl/α,β-unsaturated/α-hetero) is 1. The van der Waals surface area contributed by atoms with E-state index < -0.39 is 6.04 Å². The highest BCUT2D eigenvalue weighted by molar-refractivity contribution is 6.04. The number of fused-ring (bicyclic) bond motifs is 2. The lowest BCUT2D eigenvalue weighted by Crippen LogP contribution is -2.59. The van der Waals surface area contributed by atoms with Crippen molar-refractivity contribution in [3.8, 4) is 11.1 Å². The van der Waals surface area contributed by atoms with Gasteiger partial charge in [0.1, 0.15) is 11.9 Å². The van der Waals surface area contributed by atoms with E-state index in [-0.39, 0.29) is 42.3 Å². The van der Waals surface area contributed by atoms with Crippen LogP contribution in [0.1, 0.15) is 41.6 Å². The molecule has 2 heterocycles. The molecule has 2 amide bonds. The van der Waals surface area contributed by atoms with Crippen molar-refractivity contribution >= 4 is 17.6 Å². The zero-order valence-electron chi connectivity index (χ0n) is 17.4. The van der Waals surface area contributed by atoms with Crippen molar-refractivity contribution in [2.75, 3.05) is 19.6 Å². The third-order valence-electron chi connectivity index (χ3n) is 6.92. The average molecular weight is 420 g/mol. The Labute approximate surface area is 180 Å². The van der Waals surface area contributed by atoms with Gasteiger partial charge in [0.15, 0.2) is 5.78 Å². The maximum absolute atomic E-state index is 14.3. The summed E-state index contributed by atoms with van der Waals surface area (Å²) in [6.45, 7) is 1.07. The van der Waals surface area contributed by atoms with Crippen LogP contribution < -0.4 is 0 Å². The lowest BCUT2D eigenvalue weighted by Gasteiger charge is -2.40. The molecule has 5 nitrogen and oxygen atoms in total. The fraction of sp³-hybridized carbons (Fsp3) is 0.400. The van der Waals surface area contributed by atoms with Crippen LogP contribution in [0, 0.1) is 11.7 Å². The fourth-order valence-corrected chi connectivity index (χ4v) is 5.19. The third kappa shape index (κ3) is 3.54. The molecule has 0 N–H and O–H groups in total. The molecule has 2 aliphatic heterocycles. The molecule has 0 bridgehead atoms. The molecule has 1 aliphatic carbocycles. The van der Waals surface area contributed by atoms with Gasteiger partial charge in [-0.3, -0.25) is 14.4 Å². The molecule has 160 valence electrons. The molecule has 1 saturated carbocycles. The lowest BCUT2D eigenvalue weighted by atomic mass is 9.96. The van der Waals surface area contributed by atoms with Crippen molar-refractivity contribution in [1.29, 1.82) is 0 Å². The maximum atomic E-state index is 14.3. The third-order valence-corrected chi connectivity index (χ3v) is 6.92. The second-order valence-corrected chi connectivity index (χ2v) is 8.77. The number of ketones is 1. The highest BCUT2D eigenvalue weighted by atomic mass is 19.1. The second-order valence-electron chi connectivity index (χ2n) is 8.77. The quantitative estimate of drug-likeness (QED) is 0.748. The van der Waals surface area contributed by atoms with Gasteiger partial charge >= 0.3 is 0 Å². The van der Waals surface area contributed by atoms with Gasteiger partial charge in [-0.2, -0.15) is 0 Å². The smallest absolute Gasteiger partial charge is 0.254 e. The Kier molecular flexibility index (Phi) is 5.08. The van der Waals surface area contributed by atoms with E-state index in [4.69, 9.17) is 0 Å². The minimum Gasteiger partial charge on any atom is -0.338 e. The van der Waals surface area contributed by atoms with E-state index in [2.05, 4.69) is 0 Å². The van der Waals surface area contributed by atoms with Gasteiger partial charge in [-0.1, -0.05) is 43.2 Å². The summed E-state index contributed by atoms with van der Waals surface area (Å²) in [4.78, 5) is 42.7. The summed E-state index contributed by atoms with van der Waals surface area (Å²) < 4.78 is 14.3. The van der Waals surface area contributed by atoms with Gasteiger partial charge in [0.2, 0.25) is 5.91 Å². The zero-order valence-corrected chi connectivity index (χ0v) is 17.4. The molecule has 2 aromatic rings. The number of halogens is 1. The first-order valence-electron chi connectivity index (χ1n) is 11.0. The van der Waals surface area contributed by atoms with Crippen LogP contribution in [0.5, 0.6) is 0 Å². The van der Waals surface area contributed by atoms with Crippen LogP contribution in [-0.4, -0.2) is 53.1 Å². The summed E-state index contributed by atoms with van der Waals surface area (Å²) in [6, 6.07) is 11.1. The number of hydrogen-bond donors (Lipinski definition) is 0. The SMILES string of the molecule is O=C1Cc2ccc(-c3ccccc3F)cc2C(=O)N2CCN(C(=O)C3CCCC3)C[C@@H]12. The van der Waals surface area contributed by atoms with Gasteiger partial charge in [0, 0.05) is 43.1 Å². The predicted octanol–water partition coefficient (Wildman–Crippen LogP) is 3.46. The molecule has 5 rings (SSSR count). The molecule has 0 aromatic heterocycles. The number of rotatable bonds is 2. The van der Waals surface area contributed by atoms with E-state index in [1.54, 1.807) is 46.2 Å². The highest BCUT2D eigenvalue weighted by Crippen LogP contribution is 2.31. The summed E-state index contributed by atoms with van der Waals surface area (Å²) in [5.74, 6) is -0.423. The van der Waals surface area contributed by atoms with Crippen molar-refractivity contribution in [3.05, 3.63) is 59.4 Å². The summed E-state index contributed by atoms with van der Waals surface area (Å²) >= 11 is 0. The first-order valence-corrected chi connectivity index (χ1v) is 11.0. The first-order chi connectivity index (χ1) is 15.0. The fourth-order valence-electron chi connectivity index (χ4n) is 5.19. The standard InChI is InChI=1S/C25H25FN2O3/c26-21-8-4-3-7-19(21)17-9-10-18-14-23(29)22-15-27(24(30)16-5-1-2-6-16)11-12-28(22)25(31)20(18)13-17/h3-4,7-10,13,16,22H,1-2,5-6,11-12,14-15H2/t22-/m0/s1. The Bertz CT molecular complexity index is 1060. The molecule has 2 fully saturated rings. The topological polar surface area (TPSA) is 57.7 Å². The Morgan fingerprint density at radius 2 is 1.74 bits per heavy atom. The molecule has 0 spiro atoms. The summed E-state index contributed by atoms with van der Waals surface area (Å²) in [6.07, 6.45) is 4.14. The van der Waals surface area contributed by atoms with E-state index in [1.807, 2.05) is 0 Å². The Morgan fingerprint density at radius 1 is 0.968 bits per heavy atom. The van der Waals surface area contributed by atoms with Gasteiger partial charge in [-0.15, -0.1) is 0 Å². The Hall–Kier alpha value is -3.02. The zero-order chi connectivity index (χ0) is 21.5. The molecule has 1 saturated heterocycles. The normalized spacial score (nSPS) is 21.6. The van der Waals surface area contributed by atoms with Crippen molar-refractivity contribution in [1.82, 2.24) is 9.80 Å². The van der Waals surface area contributed by atoms with E-state index in [0.717, 1.165) is 25.7 Å². The minimum atomic E-state index is -0.615. The molecule has 0 unspecified atom stereocenters.